The highest BCUT2D eigenvalue weighted by Gasteiger charge is 2.27. The van der Waals surface area contributed by atoms with Gasteiger partial charge in [0.2, 0.25) is 5.91 Å². The number of aryl methyl sites for hydroxylation is 1. The molecule has 3 rings (SSSR count). The van der Waals surface area contributed by atoms with Gasteiger partial charge in [-0.15, -0.1) is 11.8 Å². The molecule has 5 nitrogen and oxygen atoms in total. The summed E-state index contributed by atoms with van der Waals surface area (Å²) >= 11 is 1.67. The van der Waals surface area contributed by atoms with Crippen molar-refractivity contribution in [1.29, 1.82) is 0 Å². The predicted octanol–water partition coefficient (Wildman–Crippen LogP) is 4.77. The van der Waals surface area contributed by atoms with E-state index in [0.29, 0.717) is 13.0 Å². The first-order chi connectivity index (χ1) is 15.8. The lowest BCUT2D eigenvalue weighted by Gasteiger charge is -2.24. The molecule has 0 radical (unpaired) electrons. The van der Waals surface area contributed by atoms with Crippen LogP contribution < -0.4 is 9.62 Å². The van der Waals surface area contributed by atoms with Gasteiger partial charge in [-0.25, -0.2) is 17.2 Å². The summed E-state index contributed by atoms with van der Waals surface area (Å²) in [6.07, 6.45) is 0.700. The Kier molecular flexibility index (Phi) is 8.46. The molecule has 33 heavy (non-hydrogen) atoms. The lowest BCUT2D eigenvalue weighted by atomic mass is 10.2. The molecule has 0 heterocycles. The average Bonchev–Trinajstić information content (AvgIpc) is 2.79. The molecule has 9 heteroatoms. The fourth-order valence-corrected chi connectivity index (χ4v) is 5.24. The molecule has 0 saturated carbocycles. The smallest absolute Gasteiger partial charge is 0.264 e. The van der Waals surface area contributed by atoms with E-state index in [1.54, 1.807) is 11.8 Å². The van der Waals surface area contributed by atoms with Gasteiger partial charge in [0, 0.05) is 11.4 Å². The van der Waals surface area contributed by atoms with Gasteiger partial charge in [0.15, 0.2) is 0 Å². The van der Waals surface area contributed by atoms with E-state index in [1.165, 1.54) is 17.7 Å². The summed E-state index contributed by atoms with van der Waals surface area (Å²) in [5, 5.41) is 2.73. The largest absolute Gasteiger partial charge is 0.354 e. The van der Waals surface area contributed by atoms with Crippen LogP contribution in [0.2, 0.25) is 0 Å². The van der Waals surface area contributed by atoms with Gasteiger partial charge in [-0.2, -0.15) is 0 Å². The summed E-state index contributed by atoms with van der Waals surface area (Å²) < 4.78 is 53.8. The third kappa shape index (κ3) is 7.03. The summed E-state index contributed by atoms with van der Waals surface area (Å²) in [7, 11) is -4.17. The van der Waals surface area contributed by atoms with E-state index in [-0.39, 0.29) is 10.6 Å². The van der Waals surface area contributed by atoms with Gasteiger partial charge in [-0.05, 0) is 79.8 Å². The Morgan fingerprint density at radius 1 is 0.909 bits per heavy atom. The Balaban J connectivity index is 1.63. The summed E-state index contributed by atoms with van der Waals surface area (Å²) in [5.74, 6) is -0.818. The molecule has 0 atom stereocenters. The Labute approximate surface area is 196 Å². The first kappa shape index (κ1) is 24.7. The van der Waals surface area contributed by atoms with Crippen LogP contribution >= 0.6 is 11.8 Å². The van der Waals surface area contributed by atoms with Crippen molar-refractivity contribution >= 4 is 33.4 Å². The second kappa shape index (κ2) is 11.3. The average molecular weight is 491 g/mol. The summed E-state index contributed by atoms with van der Waals surface area (Å²) in [6, 6.07) is 17.3. The molecule has 0 aliphatic rings. The number of hydrogen-bond donors (Lipinski definition) is 1. The number of rotatable bonds is 10. The zero-order valence-electron chi connectivity index (χ0n) is 18.0. The zero-order valence-corrected chi connectivity index (χ0v) is 19.6. The standard InChI is InChI=1S/C24H24F2N2O3S2/c1-18-3-11-22(12-4-18)32-16-2-15-27-24(29)17-28(21-9-5-19(25)6-10-21)33(30,31)23-13-7-20(26)8-14-23/h3-14H,2,15-17H2,1H3,(H,27,29). The van der Waals surface area contributed by atoms with Crippen LogP contribution in [-0.2, 0) is 14.8 Å². The number of halogens is 2. The topological polar surface area (TPSA) is 66.5 Å². The molecule has 0 bridgehead atoms. The van der Waals surface area contributed by atoms with Crippen LogP contribution in [-0.4, -0.2) is 33.2 Å². The first-order valence-corrected chi connectivity index (χ1v) is 12.7. The van der Waals surface area contributed by atoms with Crippen LogP contribution in [0.4, 0.5) is 14.5 Å². The second-order valence-corrected chi connectivity index (χ2v) is 10.3. The van der Waals surface area contributed by atoms with Crippen molar-refractivity contribution in [3.63, 3.8) is 0 Å². The maximum absolute atomic E-state index is 13.4. The molecule has 0 aliphatic heterocycles. The minimum Gasteiger partial charge on any atom is -0.354 e. The number of nitrogens with one attached hydrogen (secondary N) is 1. The highest BCUT2D eigenvalue weighted by atomic mass is 32.2. The van der Waals surface area contributed by atoms with Crippen LogP contribution in [0.25, 0.3) is 0 Å². The van der Waals surface area contributed by atoms with Crippen molar-refractivity contribution in [1.82, 2.24) is 5.32 Å². The third-order valence-corrected chi connectivity index (χ3v) is 7.62. The van der Waals surface area contributed by atoms with Gasteiger partial charge >= 0.3 is 0 Å². The number of sulfonamides is 1. The van der Waals surface area contributed by atoms with Gasteiger partial charge in [0.1, 0.15) is 18.2 Å². The molecule has 1 N–H and O–H groups in total. The normalized spacial score (nSPS) is 11.2. The number of amides is 1. The van der Waals surface area contributed by atoms with Crippen molar-refractivity contribution in [3.8, 4) is 0 Å². The molecule has 0 saturated heterocycles. The van der Waals surface area contributed by atoms with Crippen LogP contribution in [0.1, 0.15) is 12.0 Å². The van der Waals surface area contributed by atoms with E-state index in [4.69, 9.17) is 0 Å². The lowest BCUT2D eigenvalue weighted by Crippen LogP contribution is -2.41. The molecule has 0 fully saturated rings. The van der Waals surface area contributed by atoms with E-state index in [1.807, 2.05) is 31.2 Å². The van der Waals surface area contributed by atoms with Gasteiger partial charge in [-0.1, -0.05) is 17.7 Å². The van der Waals surface area contributed by atoms with Gasteiger partial charge < -0.3 is 5.32 Å². The Morgan fingerprint density at radius 2 is 1.48 bits per heavy atom. The number of benzene rings is 3. The Morgan fingerprint density at radius 3 is 2.09 bits per heavy atom. The number of carbonyl (C=O) groups is 1. The SMILES string of the molecule is Cc1ccc(SCCCNC(=O)CN(c2ccc(F)cc2)S(=O)(=O)c2ccc(F)cc2)cc1. The van der Waals surface area contributed by atoms with Gasteiger partial charge in [0.05, 0.1) is 10.6 Å². The van der Waals surface area contributed by atoms with Crippen molar-refractivity contribution < 1.29 is 22.0 Å². The molecule has 1 amide bonds. The molecule has 3 aromatic rings. The maximum Gasteiger partial charge on any atom is 0.264 e. The predicted molar refractivity (Wildman–Crippen MR) is 127 cm³/mol. The second-order valence-electron chi connectivity index (χ2n) is 7.31. The van der Waals surface area contributed by atoms with Gasteiger partial charge in [-0.3, -0.25) is 9.10 Å². The minimum absolute atomic E-state index is 0.130. The van der Waals surface area contributed by atoms with Crippen LogP contribution in [0.5, 0.6) is 0 Å². The monoisotopic (exact) mass is 490 g/mol. The summed E-state index contributed by atoms with van der Waals surface area (Å²) in [5.41, 5.74) is 1.32. The zero-order chi connectivity index (χ0) is 23.8. The summed E-state index contributed by atoms with van der Waals surface area (Å²) in [4.78, 5) is 13.5. The van der Waals surface area contributed by atoms with E-state index in [9.17, 15) is 22.0 Å². The maximum atomic E-state index is 13.4. The number of anilines is 1. The lowest BCUT2D eigenvalue weighted by molar-refractivity contribution is -0.119. The van der Waals surface area contributed by atoms with Crippen LogP contribution in [0.3, 0.4) is 0 Å². The number of carbonyl (C=O) groups excluding carboxylic acids is 1. The molecular formula is C24H24F2N2O3S2. The van der Waals surface area contributed by atoms with Crippen molar-refractivity contribution in [2.45, 2.75) is 23.1 Å². The highest BCUT2D eigenvalue weighted by molar-refractivity contribution is 7.99. The number of nitrogens with zero attached hydrogens (tertiary/aromatic N) is 1. The molecular weight excluding hydrogens is 466 g/mol. The third-order valence-electron chi connectivity index (χ3n) is 4.74. The highest BCUT2D eigenvalue weighted by Crippen LogP contribution is 2.24. The number of thioether (sulfide) groups is 1. The Hall–Kier alpha value is -2.91. The van der Waals surface area contributed by atoms with Gasteiger partial charge in [0.25, 0.3) is 10.0 Å². The van der Waals surface area contributed by atoms with Crippen LogP contribution in [0.15, 0.2) is 82.6 Å². The molecule has 0 spiro atoms. The Bertz CT molecular complexity index is 1170. The van der Waals surface area contributed by atoms with E-state index >= 15 is 0 Å². The molecule has 3 aromatic carbocycles. The molecule has 0 unspecified atom stereocenters. The number of hydrogen-bond acceptors (Lipinski definition) is 4. The van der Waals surface area contributed by atoms with E-state index in [2.05, 4.69) is 5.32 Å². The fraction of sp³-hybridized carbons (Fsp3) is 0.208. The molecule has 174 valence electrons. The van der Waals surface area contributed by atoms with E-state index < -0.39 is 34.1 Å². The first-order valence-electron chi connectivity index (χ1n) is 10.3. The minimum atomic E-state index is -4.17. The summed E-state index contributed by atoms with van der Waals surface area (Å²) in [6.45, 7) is 1.91. The quantitative estimate of drug-likeness (QED) is 0.329. The van der Waals surface area contributed by atoms with Crippen molar-refractivity contribution in [2.75, 3.05) is 23.1 Å². The van der Waals surface area contributed by atoms with Crippen molar-refractivity contribution in [2.24, 2.45) is 0 Å². The molecule has 0 aliphatic carbocycles. The van der Waals surface area contributed by atoms with Crippen molar-refractivity contribution in [3.05, 3.63) is 90.0 Å². The fourth-order valence-electron chi connectivity index (χ4n) is 2.97. The molecule has 0 aromatic heterocycles. The van der Waals surface area contributed by atoms with E-state index in [0.717, 1.165) is 51.4 Å². The van der Waals surface area contributed by atoms with Crippen LogP contribution in [0, 0.1) is 18.6 Å².